The zero-order valence-corrected chi connectivity index (χ0v) is 23.5. The van der Waals surface area contributed by atoms with E-state index in [1.807, 2.05) is 0 Å². The quantitative estimate of drug-likeness (QED) is 0.270. The third-order valence-electron chi connectivity index (χ3n) is 7.11. The number of para-hydroxylation sites is 1. The van der Waals surface area contributed by atoms with Crippen LogP contribution in [-0.2, 0) is 20.9 Å². The molecule has 10 heteroatoms. The Morgan fingerprint density at radius 2 is 1.44 bits per heavy atom. The van der Waals surface area contributed by atoms with E-state index in [9.17, 15) is 23.6 Å². The minimum Gasteiger partial charge on any atom is -0.497 e. The fraction of sp³-hybridized carbons (Fsp3) is 0.152. The predicted octanol–water partition coefficient (Wildman–Crippen LogP) is 4.78. The Bertz CT molecular complexity index is 1660. The number of ether oxygens (including phenoxy) is 2. The lowest BCUT2D eigenvalue weighted by atomic mass is 10.0. The molecule has 1 atom stereocenters. The lowest BCUT2D eigenvalue weighted by Crippen LogP contribution is -2.46. The summed E-state index contributed by atoms with van der Waals surface area (Å²) in [7, 11) is 3.04. The molecule has 5 rings (SSSR count). The van der Waals surface area contributed by atoms with E-state index < -0.39 is 41.9 Å². The number of anilines is 2. The molecule has 1 unspecified atom stereocenters. The molecule has 9 nitrogen and oxygen atoms in total. The summed E-state index contributed by atoms with van der Waals surface area (Å²) in [4.78, 5) is 56.1. The number of hydrogen-bond donors (Lipinski definition) is 1. The van der Waals surface area contributed by atoms with Crippen molar-refractivity contribution in [2.75, 3.05) is 31.0 Å². The van der Waals surface area contributed by atoms with Gasteiger partial charge in [0, 0.05) is 12.2 Å². The molecule has 0 bridgehead atoms. The number of nitrogens with zero attached hydrogens (tertiary/aromatic N) is 2. The molecule has 0 saturated carbocycles. The Morgan fingerprint density at radius 1 is 0.837 bits per heavy atom. The van der Waals surface area contributed by atoms with Crippen LogP contribution in [-0.4, -0.2) is 49.2 Å². The van der Waals surface area contributed by atoms with Crippen LogP contribution in [0.1, 0.15) is 27.5 Å². The number of carbonyl (C=O) groups is 4. The maximum Gasteiger partial charge on any atom is 0.299 e. The number of rotatable bonds is 10. The monoisotopic (exact) mass is 581 g/mol. The standard InChI is InChI=1S/C33H28FN3O6/c1-42-25-15-9-22(10-16-25)30(32(40)35-24-13-17-26(43-2)18-14-24)37(19-21-7-11-23(34)12-8-21)29(38)20-36-28-6-4-3-5-27(28)31(39)33(36)41/h3-18,30H,19-20H2,1-2H3,(H,35,40). The van der Waals surface area contributed by atoms with Crippen molar-refractivity contribution >= 4 is 34.9 Å². The first kappa shape index (κ1) is 29.0. The van der Waals surface area contributed by atoms with E-state index in [4.69, 9.17) is 9.47 Å². The molecule has 0 fully saturated rings. The van der Waals surface area contributed by atoms with Gasteiger partial charge in [-0.05, 0) is 71.8 Å². The number of methoxy groups -OCH3 is 2. The van der Waals surface area contributed by atoms with Crippen LogP contribution < -0.4 is 19.7 Å². The number of ketones is 1. The Kier molecular flexibility index (Phi) is 8.47. The molecule has 0 aliphatic carbocycles. The molecule has 218 valence electrons. The number of amides is 3. The van der Waals surface area contributed by atoms with Crippen LogP contribution in [0.4, 0.5) is 15.8 Å². The Morgan fingerprint density at radius 3 is 2.07 bits per heavy atom. The molecule has 0 aromatic heterocycles. The summed E-state index contributed by atoms with van der Waals surface area (Å²) in [5, 5.41) is 2.86. The molecule has 0 saturated heterocycles. The van der Waals surface area contributed by atoms with Crippen molar-refractivity contribution < 1.29 is 33.0 Å². The highest BCUT2D eigenvalue weighted by atomic mass is 19.1. The van der Waals surface area contributed by atoms with Crippen molar-refractivity contribution in [1.82, 2.24) is 4.90 Å². The van der Waals surface area contributed by atoms with E-state index in [-0.39, 0.29) is 12.1 Å². The van der Waals surface area contributed by atoms with Crippen LogP contribution in [0.25, 0.3) is 0 Å². The first-order valence-electron chi connectivity index (χ1n) is 13.4. The molecule has 0 spiro atoms. The van der Waals surface area contributed by atoms with Crippen molar-refractivity contribution in [1.29, 1.82) is 0 Å². The van der Waals surface area contributed by atoms with Crippen LogP contribution in [0, 0.1) is 5.82 Å². The van der Waals surface area contributed by atoms with Gasteiger partial charge in [0.25, 0.3) is 17.6 Å². The van der Waals surface area contributed by atoms with Gasteiger partial charge in [0.15, 0.2) is 0 Å². The summed E-state index contributed by atoms with van der Waals surface area (Å²) >= 11 is 0. The number of benzene rings is 4. The molecular weight excluding hydrogens is 553 g/mol. The Labute approximate surface area is 247 Å². The first-order valence-corrected chi connectivity index (χ1v) is 13.4. The third-order valence-corrected chi connectivity index (χ3v) is 7.11. The van der Waals surface area contributed by atoms with Crippen LogP contribution >= 0.6 is 0 Å². The molecule has 4 aromatic rings. The zero-order valence-electron chi connectivity index (χ0n) is 23.5. The van der Waals surface area contributed by atoms with Gasteiger partial charge in [-0.3, -0.25) is 24.1 Å². The first-order chi connectivity index (χ1) is 20.8. The van der Waals surface area contributed by atoms with Gasteiger partial charge in [-0.1, -0.05) is 36.4 Å². The predicted molar refractivity (Wildman–Crippen MR) is 157 cm³/mol. The summed E-state index contributed by atoms with van der Waals surface area (Å²) in [5.41, 5.74) is 2.00. The summed E-state index contributed by atoms with van der Waals surface area (Å²) in [6.07, 6.45) is 0. The molecule has 43 heavy (non-hydrogen) atoms. The Balaban J connectivity index is 1.54. The second-order valence-corrected chi connectivity index (χ2v) is 9.78. The fourth-order valence-electron chi connectivity index (χ4n) is 4.89. The van der Waals surface area contributed by atoms with Crippen molar-refractivity contribution in [2.24, 2.45) is 0 Å². The number of halogens is 1. The van der Waals surface area contributed by atoms with Crippen LogP contribution in [0.3, 0.4) is 0 Å². The van der Waals surface area contributed by atoms with Crippen LogP contribution in [0.5, 0.6) is 11.5 Å². The van der Waals surface area contributed by atoms with Crippen molar-refractivity contribution in [3.63, 3.8) is 0 Å². The molecule has 4 aromatic carbocycles. The van der Waals surface area contributed by atoms with Gasteiger partial charge in [-0.15, -0.1) is 0 Å². The van der Waals surface area contributed by atoms with E-state index >= 15 is 0 Å². The molecular formula is C33H28FN3O6. The van der Waals surface area contributed by atoms with Gasteiger partial charge in [0.1, 0.15) is 29.9 Å². The summed E-state index contributed by atoms with van der Waals surface area (Å²) in [5.74, 6) is -1.99. The zero-order chi connectivity index (χ0) is 30.5. The smallest absolute Gasteiger partial charge is 0.299 e. The second-order valence-electron chi connectivity index (χ2n) is 9.78. The van der Waals surface area contributed by atoms with E-state index in [2.05, 4.69) is 5.32 Å². The van der Waals surface area contributed by atoms with E-state index in [0.29, 0.717) is 34.0 Å². The lowest BCUT2D eigenvalue weighted by molar-refractivity contribution is -0.139. The molecule has 1 heterocycles. The molecule has 1 N–H and O–H groups in total. The molecule has 0 radical (unpaired) electrons. The maximum absolute atomic E-state index is 14.1. The number of Topliss-reactive ketones (excluding diaryl/α,β-unsaturated/α-hetero) is 1. The highest BCUT2D eigenvalue weighted by Crippen LogP contribution is 2.31. The molecule has 1 aliphatic rings. The number of hydrogen-bond acceptors (Lipinski definition) is 6. The fourth-order valence-corrected chi connectivity index (χ4v) is 4.89. The third kappa shape index (κ3) is 6.23. The van der Waals surface area contributed by atoms with Crippen molar-refractivity contribution in [3.05, 3.63) is 120 Å². The van der Waals surface area contributed by atoms with Crippen LogP contribution in [0.15, 0.2) is 97.1 Å². The van der Waals surface area contributed by atoms with Gasteiger partial charge >= 0.3 is 0 Å². The van der Waals surface area contributed by atoms with Gasteiger partial charge in [-0.25, -0.2) is 4.39 Å². The Hall–Kier alpha value is -5.51. The van der Waals surface area contributed by atoms with Gasteiger partial charge in [-0.2, -0.15) is 0 Å². The van der Waals surface area contributed by atoms with E-state index in [1.165, 1.54) is 49.5 Å². The summed E-state index contributed by atoms with van der Waals surface area (Å²) < 4.78 is 24.2. The molecule has 1 aliphatic heterocycles. The number of nitrogens with one attached hydrogen (secondary N) is 1. The largest absolute Gasteiger partial charge is 0.497 e. The topological polar surface area (TPSA) is 105 Å². The summed E-state index contributed by atoms with van der Waals surface area (Å²) in [6.45, 7) is -0.589. The summed E-state index contributed by atoms with van der Waals surface area (Å²) in [6, 6.07) is 24.2. The second kappa shape index (κ2) is 12.6. The van der Waals surface area contributed by atoms with Crippen molar-refractivity contribution in [2.45, 2.75) is 12.6 Å². The lowest BCUT2D eigenvalue weighted by Gasteiger charge is -2.33. The molecule has 3 amide bonds. The van der Waals surface area contributed by atoms with E-state index in [0.717, 1.165) is 4.90 Å². The average molecular weight is 582 g/mol. The van der Waals surface area contributed by atoms with Crippen LogP contribution in [0.2, 0.25) is 0 Å². The van der Waals surface area contributed by atoms with E-state index in [1.54, 1.807) is 66.7 Å². The normalized spacial score (nSPS) is 12.9. The highest BCUT2D eigenvalue weighted by molar-refractivity contribution is 6.52. The SMILES string of the molecule is COc1ccc(NC(=O)C(c2ccc(OC)cc2)N(Cc2ccc(F)cc2)C(=O)CN2C(=O)C(=O)c3ccccc32)cc1. The van der Waals surface area contributed by atoms with Gasteiger partial charge < -0.3 is 19.7 Å². The number of carbonyl (C=O) groups excluding carboxylic acids is 4. The van der Waals surface area contributed by atoms with Gasteiger partial charge in [0.05, 0.1) is 25.5 Å². The van der Waals surface area contributed by atoms with Crippen molar-refractivity contribution in [3.8, 4) is 11.5 Å². The average Bonchev–Trinajstić information content (AvgIpc) is 3.27. The maximum atomic E-state index is 14.1. The highest BCUT2D eigenvalue weighted by Gasteiger charge is 2.39. The number of fused-ring (bicyclic) bond motifs is 1. The minimum atomic E-state index is -1.19. The minimum absolute atomic E-state index is 0.0938. The van der Waals surface area contributed by atoms with Gasteiger partial charge in [0.2, 0.25) is 5.91 Å².